The second kappa shape index (κ2) is 4.08. The first-order valence-electron chi connectivity index (χ1n) is 6.11. The Bertz CT molecular complexity index is 637. The van der Waals surface area contributed by atoms with Crippen molar-refractivity contribution in [2.75, 3.05) is 14.2 Å². The van der Waals surface area contributed by atoms with Gasteiger partial charge in [-0.25, -0.2) is 0 Å². The minimum Gasteiger partial charge on any atom is -0.493 e. The summed E-state index contributed by atoms with van der Waals surface area (Å²) in [5.74, 6) is 1.24. The lowest BCUT2D eigenvalue weighted by Crippen LogP contribution is -2.19. The molecule has 0 radical (unpaired) electrons. The van der Waals surface area contributed by atoms with E-state index >= 15 is 0 Å². The molecule has 2 aromatic rings. The molecule has 3 rings (SSSR count). The zero-order valence-corrected chi connectivity index (χ0v) is 10.5. The van der Waals surface area contributed by atoms with Gasteiger partial charge in [0, 0.05) is 6.07 Å². The largest absolute Gasteiger partial charge is 0.493 e. The van der Waals surface area contributed by atoms with Crippen LogP contribution in [0.2, 0.25) is 0 Å². The van der Waals surface area contributed by atoms with Gasteiger partial charge < -0.3 is 9.47 Å². The van der Waals surface area contributed by atoms with Gasteiger partial charge in [0.05, 0.1) is 31.2 Å². The molecule has 0 bridgehead atoms. The average molecular weight is 248 g/mol. The summed E-state index contributed by atoms with van der Waals surface area (Å²) in [4.78, 5) is 11.9. The van der Waals surface area contributed by atoms with E-state index in [0.717, 1.165) is 18.4 Å². The van der Waals surface area contributed by atoms with Crippen LogP contribution in [0.4, 0.5) is 0 Å². The lowest BCUT2D eigenvalue weighted by Gasteiger charge is -2.27. The van der Waals surface area contributed by atoms with Gasteiger partial charge >= 0.3 is 0 Å². The third-order valence-electron chi connectivity index (χ3n) is 3.67. The molecule has 1 aromatic carbocycles. The molecule has 1 heterocycles. The van der Waals surface area contributed by atoms with Crippen molar-refractivity contribution in [3.8, 4) is 11.5 Å². The fourth-order valence-electron chi connectivity index (χ4n) is 2.41. The number of aromatic nitrogens is 2. The Morgan fingerprint density at radius 1 is 1.22 bits per heavy atom. The Hall–Kier alpha value is -1.91. The molecule has 1 fully saturated rings. The first-order chi connectivity index (χ1) is 8.74. The Morgan fingerprint density at radius 2 is 1.89 bits per heavy atom. The first-order valence-corrected chi connectivity index (χ1v) is 6.11. The molecule has 5 nitrogen and oxygen atoms in total. The maximum Gasteiger partial charge on any atom is 0.272 e. The lowest BCUT2D eigenvalue weighted by atomic mass is 9.93. The van der Waals surface area contributed by atoms with Crippen LogP contribution in [0.15, 0.2) is 16.9 Å². The number of rotatable bonds is 3. The summed E-state index contributed by atoms with van der Waals surface area (Å²) in [5, 5.41) is 3.56. The van der Waals surface area contributed by atoms with Gasteiger partial charge in [0.1, 0.15) is 0 Å². The summed E-state index contributed by atoms with van der Waals surface area (Å²) in [6.45, 7) is 0. The predicted molar refractivity (Wildman–Crippen MR) is 68.6 cm³/mol. The number of aromatic amines is 1. The predicted octanol–water partition coefficient (Wildman–Crippen LogP) is 2.07. The number of hydrogen-bond acceptors (Lipinski definition) is 3. The summed E-state index contributed by atoms with van der Waals surface area (Å²) in [6, 6.07) is 4.01. The summed E-state index contributed by atoms with van der Waals surface area (Å²) < 4.78 is 12.5. The van der Waals surface area contributed by atoms with Crippen molar-refractivity contribution in [1.29, 1.82) is 0 Å². The van der Waals surface area contributed by atoms with Gasteiger partial charge in [-0.15, -0.1) is 0 Å². The molecule has 0 aliphatic heterocycles. The minimum absolute atomic E-state index is 0.0714. The van der Waals surface area contributed by atoms with Crippen molar-refractivity contribution in [3.05, 3.63) is 22.5 Å². The molecule has 0 spiro atoms. The van der Waals surface area contributed by atoms with E-state index in [1.807, 2.05) is 10.7 Å². The Morgan fingerprint density at radius 3 is 2.44 bits per heavy atom. The standard InChI is InChI=1S/C13H16N2O3/c1-17-11-6-9-10(7-12(11)18-2)15(14-13(9)16)8-4-3-5-8/h6-8H,3-5H2,1-2H3,(H,14,16). The molecule has 18 heavy (non-hydrogen) atoms. The number of benzene rings is 1. The van der Waals surface area contributed by atoms with Crippen LogP contribution in [-0.4, -0.2) is 24.0 Å². The van der Waals surface area contributed by atoms with E-state index in [2.05, 4.69) is 5.10 Å². The van der Waals surface area contributed by atoms with Gasteiger partial charge in [0.15, 0.2) is 11.5 Å². The molecular formula is C13H16N2O3. The number of fused-ring (bicyclic) bond motifs is 1. The van der Waals surface area contributed by atoms with Crippen LogP contribution < -0.4 is 15.0 Å². The van der Waals surface area contributed by atoms with Gasteiger partial charge in [-0.1, -0.05) is 0 Å². The molecule has 1 aliphatic rings. The number of ether oxygens (including phenoxy) is 2. The highest BCUT2D eigenvalue weighted by Crippen LogP contribution is 2.36. The first kappa shape index (κ1) is 11.2. The van der Waals surface area contributed by atoms with Gasteiger partial charge in [0.25, 0.3) is 5.56 Å². The van der Waals surface area contributed by atoms with E-state index in [4.69, 9.17) is 9.47 Å². The smallest absolute Gasteiger partial charge is 0.272 e. The molecule has 0 unspecified atom stereocenters. The van der Waals surface area contributed by atoms with Crippen LogP contribution in [0, 0.1) is 0 Å². The molecule has 0 amide bonds. The quantitative estimate of drug-likeness (QED) is 0.904. The lowest BCUT2D eigenvalue weighted by molar-refractivity contribution is 0.295. The van der Waals surface area contributed by atoms with Gasteiger partial charge in [-0.05, 0) is 25.3 Å². The fraction of sp³-hybridized carbons (Fsp3) is 0.462. The zero-order valence-electron chi connectivity index (χ0n) is 10.5. The number of hydrogen-bond donors (Lipinski definition) is 1. The summed E-state index contributed by atoms with van der Waals surface area (Å²) in [6.07, 6.45) is 3.46. The van der Waals surface area contributed by atoms with E-state index in [1.165, 1.54) is 6.42 Å². The number of nitrogens with one attached hydrogen (secondary N) is 1. The number of nitrogens with zero attached hydrogens (tertiary/aromatic N) is 1. The molecule has 1 aromatic heterocycles. The van der Waals surface area contributed by atoms with E-state index in [0.29, 0.717) is 22.9 Å². The van der Waals surface area contributed by atoms with E-state index in [1.54, 1.807) is 20.3 Å². The van der Waals surface area contributed by atoms with Gasteiger partial charge in [0.2, 0.25) is 0 Å². The van der Waals surface area contributed by atoms with E-state index < -0.39 is 0 Å². The van der Waals surface area contributed by atoms with Crippen molar-refractivity contribution in [3.63, 3.8) is 0 Å². The molecule has 5 heteroatoms. The van der Waals surface area contributed by atoms with Crippen molar-refractivity contribution < 1.29 is 9.47 Å². The van der Waals surface area contributed by atoms with Crippen molar-refractivity contribution in [1.82, 2.24) is 9.78 Å². The molecule has 0 saturated heterocycles. The van der Waals surface area contributed by atoms with Crippen molar-refractivity contribution in [2.45, 2.75) is 25.3 Å². The molecule has 0 atom stereocenters. The number of H-pyrrole nitrogens is 1. The van der Waals surface area contributed by atoms with Gasteiger partial charge in [-0.3, -0.25) is 14.6 Å². The maximum absolute atomic E-state index is 11.9. The van der Waals surface area contributed by atoms with Crippen molar-refractivity contribution >= 4 is 10.9 Å². The molecule has 96 valence electrons. The van der Waals surface area contributed by atoms with Crippen molar-refractivity contribution in [2.24, 2.45) is 0 Å². The van der Waals surface area contributed by atoms with Crippen LogP contribution in [0.5, 0.6) is 11.5 Å². The monoisotopic (exact) mass is 248 g/mol. The SMILES string of the molecule is COc1cc2c(=O)[nH]n(C3CCC3)c2cc1OC. The third-order valence-corrected chi connectivity index (χ3v) is 3.67. The maximum atomic E-state index is 11.9. The summed E-state index contributed by atoms with van der Waals surface area (Å²) in [5.41, 5.74) is 0.820. The van der Waals surface area contributed by atoms with Crippen LogP contribution >= 0.6 is 0 Å². The highest BCUT2D eigenvalue weighted by Gasteiger charge is 2.23. The van der Waals surface area contributed by atoms with Crippen LogP contribution in [0.1, 0.15) is 25.3 Å². The second-order valence-corrected chi connectivity index (χ2v) is 4.62. The van der Waals surface area contributed by atoms with Crippen LogP contribution in [-0.2, 0) is 0 Å². The van der Waals surface area contributed by atoms with Crippen LogP contribution in [0.3, 0.4) is 0 Å². The second-order valence-electron chi connectivity index (χ2n) is 4.62. The van der Waals surface area contributed by atoms with E-state index in [9.17, 15) is 4.79 Å². The van der Waals surface area contributed by atoms with Crippen LogP contribution in [0.25, 0.3) is 10.9 Å². The average Bonchev–Trinajstić information content (AvgIpc) is 2.62. The molecule has 1 saturated carbocycles. The number of methoxy groups -OCH3 is 2. The molecule has 1 N–H and O–H groups in total. The topological polar surface area (TPSA) is 56.2 Å². The Balaban J connectivity index is 2.24. The molecule has 1 aliphatic carbocycles. The Kier molecular flexibility index (Phi) is 2.54. The zero-order chi connectivity index (χ0) is 12.7. The Labute approximate surface area is 104 Å². The summed E-state index contributed by atoms with van der Waals surface area (Å²) in [7, 11) is 3.17. The normalized spacial score (nSPS) is 15.7. The fourth-order valence-corrected chi connectivity index (χ4v) is 2.41. The minimum atomic E-state index is -0.0714. The van der Waals surface area contributed by atoms with Gasteiger partial charge in [-0.2, -0.15) is 0 Å². The third kappa shape index (κ3) is 1.50. The highest BCUT2D eigenvalue weighted by molar-refractivity contribution is 5.82. The van der Waals surface area contributed by atoms with E-state index in [-0.39, 0.29) is 5.56 Å². The highest BCUT2D eigenvalue weighted by atomic mass is 16.5. The molecular weight excluding hydrogens is 232 g/mol. The summed E-state index contributed by atoms with van der Waals surface area (Å²) >= 11 is 0.